The number of hydrogen-bond donors (Lipinski definition) is 2. The molecule has 0 spiro atoms. The van der Waals surface area contributed by atoms with E-state index >= 15 is 4.39 Å². The maximum Gasteiger partial charge on any atom is 0.319 e. The van der Waals surface area contributed by atoms with Gasteiger partial charge in [-0.25, -0.2) is 8.78 Å². The largest absolute Gasteiger partial charge is 0.461 e. The summed E-state index contributed by atoms with van der Waals surface area (Å²) in [5, 5.41) is 19.8. The summed E-state index contributed by atoms with van der Waals surface area (Å²) < 4.78 is 44.1. The van der Waals surface area contributed by atoms with Crippen molar-refractivity contribution in [3.63, 3.8) is 0 Å². The fourth-order valence-corrected chi connectivity index (χ4v) is 9.01. The Morgan fingerprint density at radius 3 is 3.00 bits per heavy atom. The van der Waals surface area contributed by atoms with Gasteiger partial charge in [-0.3, -0.25) is 15.0 Å². The van der Waals surface area contributed by atoms with Gasteiger partial charge in [-0.05, 0) is 68.0 Å². The minimum absolute atomic E-state index is 0.0326. The van der Waals surface area contributed by atoms with E-state index in [1.165, 1.54) is 0 Å². The second-order valence-corrected chi connectivity index (χ2v) is 14.4. The quantitative estimate of drug-likeness (QED) is 0.315. The second-order valence-electron chi connectivity index (χ2n) is 14.0. The van der Waals surface area contributed by atoms with Gasteiger partial charge < -0.3 is 19.5 Å². The molecule has 6 aliphatic rings. The number of ether oxygens (including phenoxy) is 2. The fourth-order valence-electron chi connectivity index (χ4n) is 8.67. The van der Waals surface area contributed by atoms with Crippen LogP contribution in [0.3, 0.4) is 0 Å². The van der Waals surface area contributed by atoms with Crippen molar-refractivity contribution in [1.82, 2.24) is 30.0 Å². The van der Waals surface area contributed by atoms with Crippen molar-refractivity contribution in [1.29, 1.82) is 0 Å². The molecule has 242 valence electrons. The zero-order valence-corrected chi connectivity index (χ0v) is 26.1. The molecule has 13 heteroatoms. The number of benzene rings is 1. The third kappa shape index (κ3) is 4.74. The molecule has 1 aliphatic carbocycles. The molecule has 46 heavy (non-hydrogen) atoms. The van der Waals surface area contributed by atoms with Crippen LogP contribution in [-0.4, -0.2) is 99.0 Å². The monoisotopic (exact) mass is 651 g/mol. The number of halogens is 3. The predicted octanol–water partition coefficient (Wildman–Crippen LogP) is 5.03. The fraction of sp³-hybridized carbons (Fsp3) is 0.576. The van der Waals surface area contributed by atoms with Crippen LogP contribution in [0.1, 0.15) is 50.0 Å². The van der Waals surface area contributed by atoms with Gasteiger partial charge >= 0.3 is 6.01 Å². The van der Waals surface area contributed by atoms with Gasteiger partial charge in [0.1, 0.15) is 29.8 Å². The summed E-state index contributed by atoms with van der Waals surface area (Å²) in [6, 6.07) is 1.88. The number of alkyl halides is 1. The van der Waals surface area contributed by atoms with Crippen LogP contribution in [0.2, 0.25) is 5.02 Å². The third-order valence-corrected chi connectivity index (χ3v) is 11.3. The van der Waals surface area contributed by atoms with Crippen LogP contribution in [-0.2, 0) is 4.74 Å². The number of H-pyrrole nitrogens is 1. The van der Waals surface area contributed by atoms with E-state index < -0.39 is 23.6 Å². The Kier molecular flexibility index (Phi) is 6.89. The Morgan fingerprint density at radius 2 is 2.09 bits per heavy atom. The molecule has 4 fully saturated rings. The standard InChI is InChI=1S/C33H36ClF2N7O3/c34-24-8-25-22(11-38-41-25)27-26(24)21-7-18(21)15-45-5-2-17-6-20(44)14-42(12-17)31-23-10-37-30(27)28(36)29(23)39-32(40-31)46-16-33-3-1-4-43(33)13-19(35)9-33/h8,10-11,17-21,44H,1-7,9,12-16H2,(H,38,41)/t17-,18-,19+,20+,21-,33-/m0/s1. The molecule has 10 rings (SSSR count). The number of aromatic nitrogens is 5. The van der Waals surface area contributed by atoms with Crippen LogP contribution in [0.15, 0.2) is 18.5 Å². The van der Waals surface area contributed by atoms with Gasteiger partial charge in [0, 0.05) is 61.4 Å². The van der Waals surface area contributed by atoms with Gasteiger partial charge in [0.2, 0.25) is 0 Å². The number of hydrogen-bond acceptors (Lipinski definition) is 9. The molecule has 2 N–H and O–H groups in total. The van der Waals surface area contributed by atoms with Crippen molar-refractivity contribution < 1.29 is 23.4 Å². The molecule has 6 bridgehead atoms. The number of nitrogens with zero attached hydrogens (tertiary/aromatic N) is 6. The van der Waals surface area contributed by atoms with Gasteiger partial charge in [0.15, 0.2) is 5.82 Å². The zero-order chi connectivity index (χ0) is 31.2. The Hall–Kier alpha value is -3.19. The van der Waals surface area contributed by atoms with Gasteiger partial charge in [0.25, 0.3) is 0 Å². The third-order valence-electron chi connectivity index (χ3n) is 11.0. The minimum atomic E-state index is -0.900. The van der Waals surface area contributed by atoms with E-state index in [0.29, 0.717) is 73.0 Å². The summed E-state index contributed by atoms with van der Waals surface area (Å²) in [5.41, 5.74) is 1.95. The van der Waals surface area contributed by atoms with Crippen molar-refractivity contribution in [2.45, 2.75) is 62.3 Å². The van der Waals surface area contributed by atoms with Crippen LogP contribution in [0.25, 0.3) is 33.1 Å². The number of nitrogens with one attached hydrogen (secondary N) is 1. The topological polar surface area (TPSA) is 113 Å². The van der Waals surface area contributed by atoms with Crippen LogP contribution in [0.5, 0.6) is 6.01 Å². The van der Waals surface area contributed by atoms with Crippen molar-refractivity contribution in [3.8, 4) is 17.3 Å². The molecule has 0 unspecified atom stereocenters. The minimum Gasteiger partial charge on any atom is -0.461 e. The van der Waals surface area contributed by atoms with E-state index in [1.54, 1.807) is 12.4 Å². The molecule has 3 aromatic heterocycles. The highest BCUT2D eigenvalue weighted by Crippen LogP contribution is 2.54. The maximum absolute atomic E-state index is 17.1. The Bertz CT molecular complexity index is 1840. The first-order valence-electron chi connectivity index (χ1n) is 16.4. The number of pyridine rings is 1. The van der Waals surface area contributed by atoms with Crippen LogP contribution < -0.4 is 9.64 Å². The molecule has 4 aromatic rings. The molecular formula is C33H36ClF2N7O3. The highest BCUT2D eigenvalue weighted by atomic mass is 35.5. The zero-order valence-electron chi connectivity index (χ0n) is 25.4. The van der Waals surface area contributed by atoms with Crippen molar-refractivity contribution in [3.05, 3.63) is 34.9 Å². The molecule has 5 aliphatic heterocycles. The molecule has 1 aromatic carbocycles. The molecule has 8 heterocycles. The van der Waals surface area contributed by atoms with Crippen LogP contribution >= 0.6 is 11.6 Å². The second kappa shape index (κ2) is 10.9. The van der Waals surface area contributed by atoms with E-state index in [9.17, 15) is 9.50 Å². The highest BCUT2D eigenvalue weighted by molar-refractivity contribution is 6.33. The number of anilines is 1. The van der Waals surface area contributed by atoms with E-state index in [0.717, 1.165) is 43.2 Å². The molecule has 0 amide bonds. The number of aromatic amines is 1. The number of fused-ring (bicyclic) bond motifs is 6. The van der Waals surface area contributed by atoms with Gasteiger partial charge in [0.05, 0.1) is 28.7 Å². The Morgan fingerprint density at radius 1 is 1.17 bits per heavy atom. The first-order chi connectivity index (χ1) is 22.4. The summed E-state index contributed by atoms with van der Waals surface area (Å²) in [7, 11) is 0. The van der Waals surface area contributed by atoms with Gasteiger partial charge in [-0.2, -0.15) is 15.1 Å². The lowest BCUT2D eigenvalue weighted by molar-refractivity contribution is 0.0843. The van der Waals surface area contributed by atoms with Crippen molar-refractivity contribution >= 4 is 39.2 Å². The highest BCUT2D eigenvalue weighted by Gasteiger charge is 2.49. The first-order valence-corrected chi connectivity index (χ1v) is 16.8. The van der Waals surface area contributed by atoms with Gasteiger partial charge in [-0.1, -0.05) is 11.6 Å². The van der Waals surface area contributed by atoms with E-state index in [-0.39, 0.29) is 41.6 Å². The summed E-state index contributed by atoms with van der Waals surface area (Å²) in [5.74, 6) is 0.379. The number of aliphatic hydroxyl groups excluding tert-OH is 1. The predicted molar refractivity (Wildman–Crippen MR) is 169 cm³/mol. The summed E-state index contributed by atoms with van der Waals surface area (Å²) in [6.07, 6.45) is 6.36. The molecular weight excluding hydrogens is 616 g/mol. The lowest BCUT2D eigenvalue weighted by Gasteiger charge is -2.37. The average molecular weight is 652 g/mol. The van der Waals surface area contributed by atoms with E-state index in [4.69, 9.17) is 31.0 Å². The van der Waals surface area contributed by atoms with E-state index in [1.807, 2.05) is 11.0 Å². The summed E-state index contributed by atoms with van der Waals surface area (Å²) >= 11 is 6.92. The lowest BCUT2D eigenvalue weighted by atomic mass is 9.92. The van der Waals surface area contributed by atoms with Crippen molar-refractivity contribution in [2.75, 3.05) is 50.9 Å². The summed E-state index contributed by atoms with van der Waals surface area (Å²) in [4.78, 5) is 18.4. The first kappa shape index (κ1) is 29.0. The maximum atomic E-state index is 17.1. The Labute approximate surface area is 269 Å². The van der Waals surface area contributed by atoms with Crippen molar-refractivity contribution in [2.24, 2.45) is 11.8 Å². The Balaban J connectivity index is 1.22. The molecule has 3 saturated heterocycles. The number of piperidine rings is 1. The van der Waals surface area contributed by atoms with E-state index in [2.05, 4.69) is 20.1 Å². The smallest absolute Gasteiger partial charge is 0.319 e. The number of rotatable bonds is 3. The SMILES string of the molecule is O[C@@H]1C[C@@H]2CCOC[C@@H]3C[C@@H]3c3c(Cl)cc4[nH]ncc4c3-c3ncc4c(nc(OC[C@@]56CCCN5C[C@H](F)C6)nc4c3F)N(C1)C2. The average Bonchev–Trinajstić information content (AvgIpc) is 3.28. The van der Waals surface area contributed by atoms with Crippen LogP contribution in [0, 0.1) is 17.7 Å². The normalized spacial score (nSPS) is 31.0. The van der Waals surface area contributed by atoms with Crippen LogP contribution in [0.4, 0.5) is 14.6 Å². The number of aliphatic hydroxyl groups is 1. The molecule has 10 nitrogen and oxygen atoms in total. The molecule has 1 saturated carbocycles. The lowest BCUT2D eigenvalue weighted by Crippen LogP contribution is -2.44. The summed E-state index contributed by atoms with van der Waals surface area (Å²) in [6.45, 7) is 3.59. The molecule has 6 atom stereocenters. The molecule has 0 radical (unpaired) electrons. The van der Waals surface area contributed by atoms with Gasteiger partial charge in [-0.15, -0.1) is 0 Å².